The molecule has 5 rings (SSSR count). The van der Waals surface area contributed by atoms with Gasteiger partial charge in [0.25, 0.3) is 0 Å². The van der Waals surface area contributed by atoms with Crippen LogP contribution in [0.5, 0.6) is 0 Å². The van der Waals surface area contributed by atoms with Crippen LogP contribution in [0.2, 0.25) is 0 Å². The van der Waals surface area contributed by atoms with Crippen molar-refractivity contribution in [3.63, 3.8) is 0 Å². The van der Waals surface area contributed by atoms with Crippen LogP contribution in [0.25, 0.3) is 11.1 Å². The van der Waals surface area contributed by atoms with E-state index in [0.29, 0.717) is 19.4 Å². The predicted octanol–water partition coefficient (Wildman–Crippen LogP) is 4.55. The zero-order valence-electron chi connectivity index (χ0n) is 19.8. The number of nitrogens with one attached hydrogen (secondary N) is 1. The molecule has 0 aromatic heterocycles. The summed E-state index contributed by atoms with van der Waals surface area (Å²) in [5.41, 5.74) is 4.70. The van der Waals surface area contributed by atoms with Crippen molar-refractivity contribution in [2.24, 2.45) is 5.92 Å². The van der Waals surface area contributed by atoms with Gasteiger partial charge in [0.05, 0.1) is 0 Å². The van der Waals surface area contributed by atoms with Gasteiger partial charge in [-0.25, -0.2) is 9.59 Å². The molecule has 0 radical (unpaired) electrons. The van der Waals surface area contributed by atoms with Gasteiger partial charge < -0.3 is 20.1 Å². The Labute approximate surface area is 205 Å². The van der Waals surface area contributed by atoms with E-state index in [-0.39, 0.29) is 30.4 Å². The summed E-state index contributed by atoms with van der Waals surface area (Å²) in [5, 5.41) is 12.5. The molecule has 7 nitrogen and oxygen atoms in total. The second kappa shape index (κ2) is 10.1. The lowest BCUT2D eigenvalue weighted by molar-refractivity contribution is -0.154. The lowest BCUT2D eigenvalue weighted by Crippen LogP contribution is -2.51. The molecule has 35 heavy (non-hydrogen) atoms. The second-order valence-electron chi connectivity index (χ2n) is 9.91. The Morgan fingerprint density at radius 2 is 1.60 bits per heavy atom. The molecule has 1 aliphatic heterocycles. The molecular weight excluding hydrogens is 444 g/mol. The predicted molar refractivity (Wildman–Crippen MR) is 131 cm³/mol. The molecule has 2 aromatic rings. The van der Waals surface area contributed by atoms with E-state index in [4.69, 9.17) is 4.74 Å². The summed E-state index contributed by atoms with van der Waals surface area (Å²) < 4.78 is 5.68. The van der Waals surface area contributed by atoms with Gasteiger partial charge in [0.1, 0.15) is 12.6 Å². The van der Waals surface area contributed by atoms with Crippen molar-refractivity contribution < 1.29 is 24.2 Å². The van der Waals surface area contributed by atoms with E-state index >= 15 is 0 Å². The summed E-state index contributed by atoms with van der Waals surface area (Å²) in [6.45, 7) is 0.750. The average Bonchev–Trinajstić information content (AvgIpc) is 3.21. The van der Waals surface area contributed by atoms with E-state index in [1.807, 2.05) is 24.3 Å². The third-order valence-corrected chi connectivity index (χ3v) is 7.76. The van der Waals surface area contributed by atoms with Crippen molar-refractivity contribution in [2.45, 2.75) is 62.9 Å². The number of hydrogen-bond acceptors (Lipinski definition) is 4. The number of likely N-dealkylation sites (tertiary alicyclic amines) is 1. The SMILES string of the molecule is O=C(N[C@@H]1CCC[C@H](C(=O)N2CCCC[C@H]2C(=O)O)C1)OCC1c2ccccc2-c2ccccc21. The van der Waals surface area contributed by atoms with Crippen LogP contribution in [0.3, 0.4) is 0 Å². The molecule has 2 fully saturated rings. The lowest BCUT2D eigenvalue weighted by Gasteiger charge is -2.37. The Morgan fingerprint density at radius 1 is 0.914 bits per heavy atom. The molecule has 3 aliphatic rings. The fourth-order valence-electron chi connectivity index (χ4n) is 6.04. The molecule has 1 saturated heterocycles. The Hall–Kier alpha value is -3.35. The molecular formula is C28H32N2O5. The molecule has 2 N–H and O–H groups in total. The van der Waals surface area contributed by atoms with Crippen LogP contribution in [0.4, 0.5) is 4.79 Å². The standard InChI is InChI=1S/C28H32N2O5/c31-26(30-15-6-5-14-25(30)27(32)33)18-8-7-9-19(16-18)29-28(34)35-17-24-22-12-3-1-10-20(22)21-11-2-4-13-23(21)24/h1-4,10-13,18-19,24-25H,5-9,14-17H2,(H,29,34)(H,32,33)/t18-,19+,25-/m0/s1. The summed E-state index contributed by atoms with van der Waals surface area (Å²) in [6, 6.07) is 15.6. The largest absolute Gasteiger partial charge is 0.480 e. The first-order valence-corrected chi connectivity index (χ1v) is 12.7. The molecule has 184 valence electrons. The van der Waals surface area contributed by atoms with Crippen molar-refractivity contribution in [1.82, 2.24) is 10.2 Å². The highest BCUT2D eigenvalue weighted by Crippen LogP contribution is 2.44. The maximum absolute atomic E-state index is 13.2. The van der Waals surface area contributed by atoms with E-state index in [2.05, 4.69) is 29.6 Å². The van der Waals surface area contributed by atoms with Crippen molar-refractivity contribution in [3.8, 4) is 11.1 Å². The number of carboxylic acids is 1. The smallest absolute Gasteiger partial charge is 0.407 e. The van der Waals surface area contributed by atoms with E-state index in [1.165, 1.54) is 22.3 Å². The van der Waals surface area contributed by atoms with Crippen molar-refractivity contribution in [3.05, 3.63) is 59.7 Å². The van der Waals surface area contributed by atoms with Gasteiger partial charge in [-0.3, -0.25) is 4.79 Å². The number of ether oxygens (including phenoxy) is 1. The van der Waals surface area contributed by atoms with E-state index in [9.17, 15) is 19.5 Å². The van der Waals surface area contributed by atoms with Crippen LogP contribution >= 0.6 is 0 Å². The van der Waals surface area contributed by atoms with Crippen molar-refractivity contribution in [2.75, 3.05) is 13.2 Å². The number of alkyl carbamates (subject to hydrolysis) is 1. The van der Waals surface area contributed by atoms with Gasteiger partial charge in [-0.05, 0) is 60.8 Å². The van der Waals surface area contributed by atoms with Gasteiger partial charge in [-0.2, -0.15) is 0 Å². The van der Waals surface area contributed by atoms with Gasteiger partial charge in [-0.1, -0.05) is 55.0 Å². The minimum Gasteiger partial charge on any atom is -0.480 e. The van der Waals surface area contributed by atoms with Crippen LogP contribution in [-0.4, -0.2) is 53.2 Å². The normalized spacial score (nSPS) is 23.8. The van der Waals surface area contributed by atoms with E-state index in [0.717, 1.165) is 32.1 Å². The number of aliphatic carboxylic acids is 1. The maximum atomic E-state index is 13.2. The first kappa shape index (κ1) is 23.4. The number of carbonyl (C=O) groups excluding carboxylic acids is 2. The van der Waals surface area contributed by atoms with Gasteiger partial charge in [-0.15, -0.1) is 0 Å². The van der Waals surface area contributed by atoms with Crippen LogP contribution < -0.4 is 5.32 Å². The van der Waals surface area contributed by atoms with Crippen molar-refractivity contribution in [1.29, 1.82) is 0 Å². The molecule has 0 bridgehead atoms. The summed E-state index contributed by atoms with van der Waals surface area (Å²) >= 11 is 0. The summed E-state index contributed by atoms with van der Waals surface area (Å²) in [5.74, 6) is -1.28. The van der Waals surface area contributed by atoms with Gasteiger partial charge in [0.15, 0.2) is 0 Å². The highest BCUT2D eigenvalue weighted by molar-refractivity contribution is 5.85. The first-order valence-electron chi connectivity index (χ1n) is 12.7. The Bertz CT molecular complexity index is 1070. The molecule has 0 spiro atoms. The quantitative estimate of drug-likeness (QED) is 0.660. The fraction of sp³-hybridized carbons (Fsp3) is 0.464. The Kier molecular flexibility index (Phi) is 6.75. The number of fused-ring (bicyclic) bond motifs is 3. The Balaban J connectivity index is 1.18. The number of rotatable bonds is 5. The minimum atomic E-state index is -0.929. The van der Waals surface area contributed by atoms with Crippen molar-refractivity contribution >= 4 is 18.0 Å². The summed E-state index contributed by atoms with van der Waals surface area (Å²) in [6.07, 6.45) is 4.56. The maximum Gasteiger partial charge on any atom is 0.407 e. The van der Waals surface area contributed by atoms with Gasteiger partial charge >= 0.3 is 12.1 Å². The third kappa shape index (κ3) is 4.77. The molecule has 2 amide bonds. The minimum absolute atomic E-state index is 0.000820. The van der Waals surface area contributed by atoms with Gasteiger partial charge in [0.2, 0.25) is 5.91 Å². The molecule has 1 heterocycles. The lowest BCUT2D eigenvalue weighted by atomic mass is 9.84. The number of carbonyl (C=O) groups is 3. The number of nitrogens with zero attached hydrogens (tertiary/aromatic N) is 1. The third-order valence-electron chi connectivity index (χ3n) is 7.76. The molecule has 2 aromatic carbocycles. The number of benzene rings is 2. The van der Waals surface area contributed by atoms with E-state index in [1.54, 1.807) is 4.90 Å². The fourth-order valence-corrected chi connectivity index (χ4v) is 6.04. The molecule has 7 heteroatoms. The highest BCUT2D eigenvalue weighted by Gasteiger charge is 2.38. The van der Waals surface area contributed by atoms with Crippen LogP contribution in [0.1, 0.15) is 62.0 Å². The zero-order chi connectivity index (χ0) is 24.4. The van der Waals surface area contributed by atoms with Crippen LogP contribution in [0, 0.1) is 5.92 Å². The molecule has 3 atom stereocenters. The number of carboxylic acid groups (broad SMARTS) is 1. The van der Waals surface area contributed by atoms with Crippen LogP contribution in [-0.2, 0) is 14.3 Å². The molecule has 1 saturated carbocycles. The van der Waals surface area contributed by atoms with E-state index < -0.39 is 18.1 Å². The zero-order valence-corrected chi connectivity index (χ0v) is 19.8. The number of amides is 2. The van der Waals surface area contributed by atoms with Crippen LogP contribution in [0.15, 0.2) is 48.5 Å². The monoisotopic (exact) mass is 476 g/mol. The second-order valence-corrected chi connectivity index (χ2v) is 9.91. The number of hydrogen-bond donors (Lipinski definition) is 2. The Morgan fingerprint density at radius 3 is 2.29 bits per heavy atom. The number of piperidine rings is 1. The first-order chi connectivity index (χ1) is 17.0. The molecule has 2 aliphatic carbocycles. The van der Waals surface area contributed by atoms with Gasteiger partial charge in [0, 0.05) is 24.4 Å². The topological polar surface area (TPSA) is 95.9 Å². The summed E-state index contributed by atoms with van der Waals surface area (Å²) in [7, 11) is 0. The molecule has 0 unspecified atom stereocenters. The highest BCUT2D eigenvalue weighted by atomic mass is 16.5. The summed E-state index contributed by atoms with van der Waals surface area (Å²) in [4.78, 5) is 39.0. The average molecular weight is 477 g/mol.